The first-order valence-corrected chi connectivity index (χ1v) is 9.72. The lowest BCUT2D eigenvalue weighted by Crippen LogP contribution is -2.35. The lowest BCUT2D eigenvalue weighted by Gasteiger charge is -2.37. The molecule has 1 aromatic carbocycles. The van der Waals surface area contributed by atoms with Gasteiger partial charge in [-0.1, -0.05) is 39.8 Å². The highest BCUT2D eigenvalue weighted by Crippen LogP contribution is 2.41. The molecule has 0 fully saturated rings. The Morgan fingerprint density at radius 2 is 1.88 bits per heavy atom. The summed E-state index contributed by atoms with van der Waals surface area (Å²) in [6.07, 6.45) is 4.42. The van der Waals surface area contributed by atoms with Crippen molar-refractivity contribution in [2.75, 3.05) is 7.11 Å². The van der Waals surface area contributed by atoms with Crippen LogP contribution in [0.25, 0.3) is 0 Å². The van der Waals surface area contributed by atoms with Gasteiger partial charge in [-0.3, -0.25) is 4.79 Å². The average Bonchev–Trinajstić information content (AvgIpc) is 2.52. The lowest BCUT2D eigenvalue weighted by molar-refractivity contribution is -0.123. The molecule has 1 aliphatic carbocycles. The average molecular weight is 359 g/mol. The minimum absolute atomic E-state index is 0.0339. The van der Waals surface area contributed by atoms with Crippen LogP contribution in [0.5, 0.6) is 5.75 Å². The van der Waals surface area contributed by atoms with Crippen LogP contribution in [0.4, 0.5) is 0 Å². The Morgan fingerprint density at radius 1 is 1.19 bits per heavy atom. The Bertz CT molecular complexity index is 668. The van der Waals surface area contributed by atoms with E-state index in [0.717, 1.165) is 30.8 Å². The van der Waals surface area contributed by atoms with Crippen molar-refractivity contribution in [3.63, 3.8) is 0 Å². The van der Waals surface area contributed by atoms with E-state index in [0.29, 0.717) is 5.92 Å². The van der Waals surface area contributed by atoms with Gasteiger partial charge in [0.15, 0.2) is 5.78 Å². The highest BCUT2D eigenvalue weighted by molar-refractivity contribution is 5.93. The molecule has 0 heterocycles. The van der Waals surface area contributed by atoms with E-state index in [4.69, 9.17) is 9.47 Å². The Kier molecular flexibility index (Phi) is 6.54. The maximum absolute atomic E-state index is 12.7. The van der Waals surface area contributed by atoms with E-state index in [9.17, 15) is 4.79 Å². The quantitative estimate of drug-likeness (QED) is 0.629. The largest absolute Gasteiger partial charge is 0.496 e. The summed E-state index contributed by atoms with van der Waals surface area (Å²) < 4.78 is 11.3. The fraction of sp³-hybridized carbons (Fsp3) is 0.609. The predicted octanol–water partition coefficient (Wildman–Crippen LogP) is 5.68. The summed E-state index contributed by atoms with van der Waals surface area (Å²) in [5.74, 6) is 2.42. The highest BCUT2D eigenvalue weighted by Gasteiger charge is 2.38. The molecule has 3 heteroatoms. The van der Waals surface area contributed by atoms with Crippen molar-refractivity contribution in [2.24, 2.45) is 11.3 Å². The molecule has 0 spiro atoms. The van der Waals surface area contributed by atoms with Gasteiger partial charge in [-0.25, -0.2) is 0 Å². The molecule has 26 heavy (non-hydrogen) atoms. The van der Waals surface area contributed by atoms with Crippen molar-refractivity contribution in [1.29, 1.82) is 0 Å². The summed E-state index contributed by atoms with van der Waals surface area (Å²) in [6, 6.07) is 6.40. The summed E-state index contributed by atoms with van der Waals surface area (Å²) in [7, 11) is 1.72. The monoisotopic (exact) mass is 358 g/mol. The van der Waals surface area contributed by atoms with Gasteiger partial charge in [0, 0.05) is 18.4 Å². The van der Waals surface area contributed by atoms with Gasteiger partial charge in [-0.05, 0) is 55.2 Å². The van der Waals surface area contributed by atoms with Crippen LogP contribution in [0, 0.1) is 11.3 Å². The summed E-state index contributed by atoms with van der Waals surface area (Å²) in [5, 5.41) is 0. The van der Waals surface area contributed by atoms with Gasteiger partial charge in [-0.2, -0.15) is 0 Å². The normalized spacial score (nSPS) is 19.7. The molecular weight excluding hydrogens is 324 g/mol. The first-order valence-electron chi connectivity index (χ1n) is 9.72. The van der Waals surface area contributed by atoms with Crippen molar-refractivity contribution in [3.8, 4) is 5.75 Å². The van der Waals surface area contributed by atoms with E-state index in [1.165, 1.54) is 11.1 Å². The van der Waals surface area contributed by atoms with Crippen molar-refractivity contribution in [1.82, 2.24) is 0 Å². The number of hydrogen-bond acceptors (Lipinski definition) is 3. The zero-order valence-electron chi connectivity index (χ0n) is 17.4. The Balaban J connectivity index is 2.12. The smallest absolute Gasteiger partial charge is 0.162 e. The number of carbonyl (C=O) groups excluding carboxylic acids is 1. The van der Waals surface area contributed by atoms with E-state index in [2.05, 4.69) is 39.8 Å². The third-order valence-corrected chi connectivity index (χ3v) is 5.24. The summed E-state index contributed by atoms with van der Waals surface area (Å²) >= 11 is 0. The van der Waals surface area contributed by atoms with Crippen LogP contribution in [0.15, 0.2) is 30.0 Å². The molecule has 0 N–H and O–H groups in total. The zero-order chi connectivity index (χ0) is 19.5. The van der Waals surface area contributed by atoms with E-state index in [-0.39, 0.29) is 23.2 Å². The van der Waals surface area contributed by atoms with Crippen molar-refractivity contribution in [2.45, 2.75) is 72.8 Å². The fourth-order valence-electron chi connectivity index (χ4n) is 3.88. The molecule has 0 bridgehead atoms. The fourth-order valence-corrected chi connectivity index (χ4v) is 3.88. The number of aryl methyl sites for hydroxylation is 1. The minimum Gasteiger partial charge on any atom is -0.496 e. The first-order chi connectivity index (χ1) is 12.1. The van der Waals surface area contributed by atoms with Crippen molar-refractivity contribution in [3.05, 3.63) is 41.2 Å². The Labute approximate surface area is 158 Å². The van der Waals surface area contributed by atoms with Gasteiger partial charge in [0.25, 0.3) is 0 Å². The number of rotatable bonds is 7. The molecule has 144 valence electrons. The predicted molar refractivity (Wildman–Crippen MR) is 107 cm³/mol. The second-order valence-corrected chi connectivity index (χ2v) is 8.67. The molecule has 3 nitrogen and oxygen atoms in total. The molecule has 1 unspecified atom stereocenters. The van der Waals surface area contributed by atoms with Crippen molar-refractivity contribution >= 4 is 5.78 Å². The third-order valence-electron chi connectivity index (χ3n) is 5.24. The van der Waals surface area contributed by atoms with Crippen LogP contribution >= 0.6 is 0 Å². The number of carbonyl (C=O) groups is 1. The van der Waals surface area contributed by atoms with Gasteiger partial charge >= 0.3 is 0 Å². The maximum Gasteiger partial charge on any atom is 0.162 e. The molecule has 1 aliphatic rings. The molecule has 1 aromatic rings. The van der Waals surface area contributed by atoms with Gasteiger partial charge in [-0.15, -0.1) is 0 Å². The first kappa shape index (κ1) is 20.5. The molecule has 0 aliphatic heterocycles. The SMILES string of the molecule is COc1ccc(CCC2C(=O)C=C(OC(C)C)CC2(C)C)cc1C(C)C. The molecule has 0 saturated carbocycles. The van der Waals surface area contributed by atoms with E-state index < -0.39 is 0 Å². The number of benzene rings is 1. The van der Waals surface area contributed by atoms with Crippen LogP contribution in [0.3, 0.4) is 0 Å². The minimum atomic E-state index is -0.0800. The molecule has 1 atom stereocenters. The summed E-state index contributed by atoms with van der Waals surface area (Å²) in [6.45, 7) is 12.7. The number of allylic oxidation sites excluding steroid dienone is 2. The van der Waals surface area contributed by atoms with Gasteiger partial charge in [0.2, 0.25) is 0 Å². The van der Waals surface area contributed by atoms with Crippen molar-refractivity contribution < 1.29 is 14.3 Å². The molecular formula is C23H34O3. The molecule has 0 amide bonds. The van der Waals surface area contributed by atoms with Crippen LogP contribution < -0.4 is 4.74 Å². The van der Waals surface area contributed by atoms with Gasteiger partial charge < -0.3 is 9.47 Å². The lowest BCUT2D eigenvalue weighted by atomic mass is 9.68. The van der Waals surface area contributed by atoms with Gasteiger partial charge in [0.05, 0.1) is 13.2 Å². The molecule has 0 radical (unpaired) electrons. The second kappa shape index (κ2) is 8.28. The Morgan fingerprint density at radius 3 is 2.42 bits per heavy atom. The number of ether oxygens (including phenoxy) is 2. The van der Waals surface area contributed by atoms with E-state index in [1.54, 1.807) is 13.2 Å². The van der Waals surface area contributed by atoms with Crippen LogP contribution in [0.1, 0.15) is 71.4 Å². The van der Waals surface area contributed by atoms with Crippen LogP contribution in [0.2, 0.25) is 0 Å². The van der Waals surface area contributed by atoms with Gasteiger partial charge in [0.1, 0.15) is 11.5 Å². The number of methoxy groups -OCH3 is 1. The second-order valence-electron chi connectivity index (χ2n) is 8.67. The molecule has 0 saturated heterocycles. The molecule has 0 aromatic heterocycles. The van der Waals surface area contributed by atoms with E-state index >= 15 is 0 Å². The summed E-state index contributed by atoms with van der Waals surface area (Å²) in [4.78, 5) is 12.7. The van der Waals surface area contributed by atoms with Crippen LogP contribution in [-0.2, 0) is 16.0 Å². The topological polar surface area (TPSA) is 35.5 Å². The molecule has 2 rings (SSSR count). The zero-order valence-corrected chi connectivity index (χ0v) is 17.4. The highest BCUT2D eigenvalue weighted by atomic mass is 16.5. The maximum atomic E-state index is 12.7. The number of hydrogen-bond donors (Lipinski definition) is 0. The number of ketones is 1. The Hall–Kier alpha value is -1.77. The third kappa shape index (κ3) is 4.90. The summed E-state index contributed by atoms with van der Waals surface area (Å²) in [5.41, 5.74) is 2.42. The van der Waals surface area contributed by atoms with Crippen LogP contribution in [-0.4, -0.2) is 19.0 Å². The van der Waals surface area contributed by atoms with E-state index in [1.807, 2.05) is 19.9 Å². The standard InChI is InChI=1S/C23H34O3/c1-15(2)19-12-17(9-11-22(19)25-7)8-10-20-21(24)13-18(26-16(3)4)14-23(20,5)6/h9,11-13,15-16,20H,8,10,14H2,1-7H3.